The van der Waals surface area contributed by atoms with Crippen LogP contribution >= 0.6 is 11.8 Å². The summed E-state index contributed by atoms with van der Waals surface area (Å²) in [5, 5.41) is 0.134. The van der Waals surface area contributed by atoms with E-state index < -0.39 is 0 Å². The van der Waals surface area contributed by atoms with Crippen LogP contribution in [0.2, 0.25) is 0 Å². The van der Waals surface area contributed by atoms with Crippen LogP contribution in [0.25, 0.3) is 6.08 Å². The monoisotopic (exact) mass is 249 g/mol. The van der Waals surface area contributed by atoms with E-state index in [2.05, 4.69) is 4.98 Å². The largest absolute Gasteiger partial charge is 0.293 e. The number of carbonyl (C=O) groups is 2. The number of aromatic nitrogens is 1. The van der Waals surface area contributed by atoms with E-state index in [-0.39, 0.29) is 10.9 Å². The molecule has 90 valence electrons. The van der Waals surface area contributed by atoms with Gasteiger partial charge in [-0.25, -0.2) is 4.98 Å². The summed E-state index contributed by atoms with van der Waals surface area (Å²) in [7, 11) is 0. The third-order valence-electron chi connectivity index (χ3n) is 2.01. The van der Waals surface area contributed by atoms with Gasteiger partial charge in [-0.05, 0) is 24.6 Å². The molecule has 0 unspecified atom stereocenters. The summed E-state index contributed by atoms with van der Waals surface area (Å²) in [4.78, 5) is 26.0. The van der Waals surface area contributed by atoms with E-state index in [1.807, 2.05) is 24.3 Å². The van der Waals surface area contributed by atoms with Crippen LogP contribution in [0.1, 0.15) is 36.5 Å². The quantitative estimate of drug-likeness (QED) is 0.594. The molecule has 0 saturated carbocycles. The fraction of sp³-hybridized carbons (Fsp3) is 0.308. The average Bonchev–Trinajstić information content (AvgIpc) is 2.28. The van der Waals surface area contributed by atoms with Gasteiger partial charge in [0.25, 0.3) is 0 Å². The van der Waals surface area contributed by atoms with E-state index in [0.29, 0.717) is 5.69 Å². The molecule has 1 heterocycles. The maximum Gasteiger partial charge on any atom is 0.185 e. The molecule has 0 fully saturated rings. The Morgan fingerprint density at radius 3 is 2.76 bits per heavy atom. The van der Waals surface area contributed by atoms with Gasteiger partial charge in [0.2, 0.25) is 0 Å². The van der Waals surface area contributed by atoms with Crippen molar-refractivity contribution < 1.29 is 9.59 Å². The molecule has 4 heteroatoms. The molecule has 1 rings (SSSR count). The van der Waals surface area contributed by atoms with Crippen LogP contribution in [0.4, 0.5) is 0 Å². The van der Waals surface area contributed by atoms with Crippen LogP contribution < -0.4 is 0 Å². The van der Waals surface area contributed by atoms with Crippen molar-refractivity contribution in [1.82, 2.24) is 4.98 Å². The Morgan fingerprint density at radius 2 is 2.12 bits per heavy atom. The lowest BCUT2D eigenvalue weighted by atomic mass is 10.2. The van der Waals surface area contributed by atoms with Gasteiger partial charge in [-0.1, -0.05) is 23.9 Å². The molecule has 0 aromatic carbocycles. The fourth-order valence-electron chi connectivity index (χ4n) is 1.22. The topological polar surface area (TPSA) is 47.0 Å². The molecule has 0 aliphatic rings. The van der Waals surface area contributed by atoms with Gasteiger partial charge < -0.3 is 0 Å². The van der Waals surface area contributed by atoms with Gasteiger partial charge in [-0.3, -0.25) is 9.59 Å². The lowest BCUT2D eigenvalue weighted by Gasteiger charge is -1.97. The number of nitrogens with zero attached hydrogens (tertiary/aromatic N) is 1. The van der Waals surface area contributed by atoms with Crippen molar-refractivity contribution in [3.8, 4) is 0 Å². The summed E-state index contributed by atoms with van der Waals surface area (Å²) in [5.74, 6) is 0.741. The first-order valence-electron chi connectivity index (χ1n) is 5.37. The molecule has 0 N–H and O–H groups in total. The molecule has 1 aromatic heterocycles. The first kappa shape index (κ1) is 13.6. The Hall–Kier alpha value is -1.42. The fourth-order valence-corrected chi connectivity index (χ4v) is 1.76. The molecule has 0 bridgehead atoms. The Bertz CT molecular complexity index is 441. The Morgan fingerprint density at radius 1 is 1.35 bits per heavy atom. The number of hydrogen-bond acceptors (Lipinski definition) is 4. The Kier molecular flexibility index (Phi) is 5.63. The number of thioether (sulfide) groups is 1. The number of allylic oxidation sites excluding steroid dienone is 1. The zero-order valence-corrected chi connectivity index (χ0v) is 10.8. The second-order valence-electron chi connectivity index (χ2n) is 3.53. The van der Waals surface area contributed by atoms with Crippen molar-refractivity contribution in [2.24, 2.45) is 0 Å². The van der Waals surface area contributed by atoms with Crippen molar-refractivity contribution in [2.45, 2.75) is 20.3 Å². The highest BCUT2D eigenvalue weighted by Crippen LogP contribution is 2.06. The van der Waals surface area contributed by atoms with Crippen molar-refractivity contribution >= 4 is 28.7 Å². The highest BCUT2D eigenvalue weighted by Gasteiger charge is 1.99. The highest BCUT2D eigenvalue weighted by molar-refractivity contribution is 8.13. The molecule has 0 amide bonds. The molecule has 0 radical (unpaired) electrons. The van der Waals surface area contributed by atoms with Gasteiger partial charge in [0.05, 0.1) is 5.69 Å². The molecule has 0 atom stereocenters. The minimum atomic E-state index is -0.0348. The van der Waals surface area contributed by atoms with Gasteiger partial charge in [0.15, 0.2) is 10.9 Å². The van der Waals surface area contributed by atoms with Crippen LogP contribution in [-0.2, 0) is 4.79 Å². The summed E-state index contributed by atoms with van der Waals surface area (Å²) < 4.78 is 0. The van der Waals surface area contributed by atoms with Crippen LogP contribution in [0, 0.1) is 0 Å². The molecular formula is C13H15NO2S. The highest BCUT2D eigenvalue weighted by atomic mass is 32.2. The third-order valence-corrected chi connectivity index (χ3v) is 2.86. The van der Waals surface area contributed by atoms with E-state index in [1.54, 1.807) is 13.0 Å². The van der Waals surface area contributed by atoms with Crippen LogP contribution in [-0.4, -0.2) is 21.6 Å². The number of Topliss-reactive ketones (excluding diaryl/α,β-unsaturated/α-hetero) is 1. The lowest BCUT2D eigenvalue weighted by molar-refractivity contribution is -0.109. The zero-order valence-electron chi connectivity index (χ0n) is 9.97. The van der Waals surface area contributed by atoms with Crippen molar-refractivity contribution in [1.29, 1.82) is 0 Å². The van der Waals surface area contributed by atoms with Crippen molar-refractivity contribution in [2.75, 3.05) is 5.75 Å². The molecule has 0 aliphatic heterocycles. The zero-order chi connectivity index (χ0) is 12.7. The molecular weight excluding hydrogens is 234 g/mol. The molecule has 0 spiro atoms. The minimum absolute atomic E-state index is 0.0348. The number of ketones is 1. The van der Waals surface area contributed by atoms with E-state index in [1.165, 1.54) is 18.7 Å². The Balaban J connectivity index is 2.50. The van der Waals surface area contributed by atoms with Crippen LogP contribution in [0.15, 0.2) is 24.3 Å². The standard InChI is InChI=1S/C13H15NO2S/c1-10(15)13-8-5-7-12(14-13)6-3-4-9-17-11(2)16/h3,5-8H,4,9H2,1-2H3. The predicted molar refractivity (Wildman–Crippen MR) is 71.0 cm³/mol. The predicted octanol–water partition coefficient (Wildman–Crippen LogP) is 2.97. The summed E-state index contributed by atoms with van der Waals surface area (Å²) >= 11 is 1.31. The molecule has 0 saturated heterocycles. The average molecular weight is 249 g/mol. The second kappa shape index (κ2) is 7.01. The summed E-state index contributed by atoms with van der Waals surface area (Å²) in [6.07, 6.45) is 4.64. The molecule has 0 aliphatic carbocycles. The van der Waals surface area contributed by atoms with Gasteiger partial charge in [0, 0.05) is 19.6 Å². The third kappa shape index (κ3) is 5.45. The number of rotatable bonds is 5. The minimum Gasteiger partial charge on any atom is -0.293 e. The van der Waals surface area contributed by atoms with E-state index in [0.717, 1.165) is 17.9 Å². The first-order chi connectivity index (χ1) is 8.09. The maximum atomic E-state index is 11.1. The van der Waals surface area contributed by atoms with Crippen LogP contribution in [0.5, 0.6) is 0 Å². The summed E-state index contributed by atoms with van der Waals surface area (Å²) in [6, 6.07) is 5.36. The molecule has 3 nitrogen and oxygen atoms in total. The molecule has 1 aromatic rings. The van der Waals surface area contributed by atoms with E-state index in [9.17, 15) is 9.59 Å². The van der Waals surface area contributed by atoms with Gasteiger partial charge in [-0.15, -0.1) is 0 Å². The lowest BCUT2D eigenvalue weighted by Crippen LogP contribution is -1.96. The number of hydrogen-bond donors (Lipinski definition) is 0. The molecule has 17 heavy (non-hydrogen) atoms. The van der Waals surface area contributed by atoms with Gasteiger partial charge in [-0.2, -0.15) is 0 Å². The van der Waals surface area contributed by atoms with Crippen molar-refractivity contribution in [3.05, 3.63) is 35.7 Å². The van der Waals surface area contributed by atoms with Gasteiger partial charge in [0.1, 0.15) is 5.69 Å². The number of pyridine rings is 1. The maximum absolute atomic E-state index is 11.1. The normalized spacial score (nSPS) is 10.7. The van der Waals surface area contributed by atoms with E-state index in [4.69, 9.17) is 0 Å². The van der Waals surface area contributed by atoms with Gasteiger partial charge >= 0.3 is 0 Å². The first-order valence-corrected chi connectivity index (χ1v) is 6.36. The van der Waals surface area contributed by atoms with Crippen LogP contribution in [0.3, 0.4) is 0 Å². The second-order valence-corrected chi connectivity index (χ2v) is 4.81. The van der Waals surface area contributed by atoms with E-state index >= 15 is 0 Å². The SMILES string of the molecule is CC(=O)SCCC=Cc1cccc(C(C)=O)n1. The number of carbonyl (C=O) groups excluding carboxylic acids is 2. The Labute approximate surface area is 105 Å². The van der Waals surface area contributed by atoms with Crippen molar-refractivity contribution in [3.63, 3.8) is 0 Å². The summed E-state index contributed by atoms with van der Waals surface area (Å²) in [5.41, 5.74) is 1.25. The smallest absolute Gasteiger partial charge is 0.185 e. The summed E-state index contributed by atoms with van der Waals surface area (Å²) in [6.45, 7) is 3.06.